The van der Waals surface area contributed by atoms with E-state index in [9.17, 15) is 32.5 Å². The summed E-state index contributed by atoms with van der Waals surface area (Å²) >= 11 is 0. The molecule has 0 aliphatic rings. The van der Waals surface area contributed by atoms with Gasteiger partial charge < -0.3 is 29.2 Å². The molecule has 0 heterocycles. The first-order valence-corrected chi connectivity index (χ1v) is 12.3. The Kier molecular flexibility index (Phi) is 26.0. The summed E-state index contributed by atoms with van der Waals surface area (Å²) in [7, 11) is -5.26. The summed E-state index contributed by atoms with van der Waals surface area (Å²) in [6.07, 6.45) is 9.14. The van der Waals surface area contributed by atoms with Crippen molar-refractivity contribution in [3.63, 3.8) is 0 Å². The molecule has 0 saturated heterocycles. The molecule has 1 atom stereocenters. The van der Waals surface area contributed by atoms with E-state index >= 15 is 0 Å². The van der Waals surface area contributed by atoms with E-state index in [1.165, 1.54) is 37.0 Å². The second kappa shape index (κ2) is 22.7. The molecule has 1 N–H and O–H groups in total. The Morgan fingerprint density at radius 2 is 1.45 bits per heavy atom. The number of aliphatic hydroxyl groups is 1. The molecule has 1 unspecified atom stereocenters. The van der Waals surface area contributed by atoms with Gasteiger partial charge in [0.1, 0.15) is 16.7 Å². The third-order valence-corrected chi connectivity index (χ3v) is 5.86. The van der Waals surface area contributed by atoms with Gasteiger partial charge in [-0.25, -0.2) is 8.42 Å². The quantitative estimate of drug-likeness (QED) is 0.0770. The molecular weight excluding hydrogens is 476 g/mol. The van der Waals surface area contributed by atoms with E-state index < -0.39 is 33.7 Å². The van der Waals surface area contributed by atoms with E-state index in [0.29, 0.717) is 12.8 Å². The number of esters is 1. The molecule has 0 fully saturated rings. The van der Waals surface area contributed by atoms with Crippen LogP contribution in [0.1, 0.15) is 77.6 Å². The number of aliphatic carboxylic acids is 1. The SMILES string of the molecule is CCCCCCCCCCCC(=O)N(CCO)CCOC(=O)CC(C(=O)[O-])S(=O)(=O)[O-].[Na+].[Na+]. The van der Waals surface area contributed by atoms with Crippen molar-refractivity contribution in [3.8, 4) is 0 Å². The fraction of sp³-hybridized carbons (Fsp3) is 0.850. The van der Waals surface area contributed by atoms with Gasteiger partial charge in [0, 0.05) is 13.0 Å². The Morgan fingerprint density at radius 1 is 0.939 bits per heavy atom. The van der Waals surface area contributed by atoms with Gasteiger partial charge in [-0.05, 0) is 6.42 Å². The van der Waals surface area contributed by atoms with E-state index in [1.54, 1.807) is 0 Å². The number of ether oxygens (including phenoxy) is 1. The van der Waals surface area contributed by atoms with E-state index in [1.807, 2.05) is 0 Å². The summed E-state index contributed by atoms with van der Waals surface area (Å²) in [5.74, 6) is -3.59. The molecule has 0 aliphatic carbocycles. The third-order valence-electron chi connectivity index (χ3n) is 4.80. The summed E-state index contributed by atoms with van der Waals surface area (Å²) in [6, 6.07) is 0. The number of unbranched alkanes of at least 4 members (excludes halogenated alkanes) is 8. The van der Waals surface area contributed by atoms with Crippen molar-refractivity contribution in [1.29, 1.82) is 0 Å². The van der Waals surface area contributed by atoms with E-state index in [2.05, 4.69) is 6.92 Å². The Balaban J connectivity index is -0.00000450. The van der Waals surface area contributed by atoms with Gasteiger partial charge in [-0.15, -0.1) is 0 Å². The summed E-state index contributed by atoms with van der Waals surface area (Å²) in [4.78, 5) is 35.9. The van der Waals surface area contributed by atoms with Gasteiger partial charge in [-0.3, -0.25) is 9.59 Å². The first-order chi connectivity index (χ1) is 14.6. The van der Waals surface area contributed by atoms with Gasteiger partial charge >= 0.3 is 65.1 Å². The normalized spacial score (nSPS) is 11.6. The number of hydrogen-bond donors (Lipinski definition) is 1. The molecule has 0 spiro atoms. The van der Waals surface area contributed by atoms with Gasteiger partial charge in [0.25, 0.3) is 0 Å². The number of hydrogen-bond acceptors (Lipinski definition) is 9. The van der Waals surface area contributed by atoms with Crippen molar-refractivity contribution >= 4 is 28.0 Å². The monoisotopic (exact) mass is 511 g/mol. The average molecular weight is 512 g/mol. The second-order valence-electron chi connectivity index (χ2n) is 7.41. The molecule has 0 aromatic heterocycles. The molecule has 0 aliphatic heterocycles. The van der Waals surface area contributed by atoms with Crippen LogP contribution in [0.3, 0.4) is 0 Å². The topological polar surface area (TPSA) is 164 Å². The maximum absolute atomic E-state index is 12.3. The molecule has 182 valence electrons. The Bertz CT molecular complexity index is 647. The van der Waals surface area contributed by atoms with Crippen LogP contribution in [0.5, 0.6) is 0 Å². The van der Waals surface area contributed by atoms with Crippen molar-refractivity contribution in [3.05, 3.63) is 0 Å². The van der Waals surface area contributed by atoms with Gasteiger partial charge in [-0.2, -0.15) is 0 Å². The van der Waals surface area contributed by atoms with Crippen LogP contribution in [0.15, 0.2) is 0 Å². The second-order valence-corrected chi connectivity index (χ2v) is 8.96. The molecule has 0 rings (SSSR count). The zero-order valence-electron chi connectivity index (χ0n) is 20.3. The molecule has 1 amide bonds. The molecule has 0 radical (unpaired) electrons. The molecule has 33 heavy (non-hydrogen) atoms. The van der Waals surface area contributed by atoms with E-state index in [-0.39, 0.29) is 91.3 Å². The first kappa shape index (κ1) is 37.8. The zero-order valence-corrected chi connectivity index (χ0v) is 25.1. The number of carbonyl (C=O) groups excluding carboxylic acids is 3. The number of carboxylic acid groups (broad SMARTS) is 1. The molecule has 13 heteroatoms. The summed E-state index contributed by atoms with van der Waals surface area (Å²) in [5, 5.41) is 17.3. The Labute approximate surface area is 241 Å². The Morgan fingerprint density at radius 3 is 1.91 bits per heavy atom. The fourth-order valence-electron chi connectivity index (χ4n) is 3.01. The number of rotatable bonds is 19. The Hall–Kier alpha value is 0.280. The fourth-order valence-corrected chi connectivity index (χ4v) is 3.59. The van der Waals surface area contributed by atoms with Gasteiger partial charge in [0.2, 0.25) is 5.91 Å². The van der Waals surface area contributed by atoms with Crippen LogP contribution < -0.4 is 64.2 Å². The van der Waals surface area contributed by atoms with Crippen LogP contribution in [-0.4, -0.2) is 72.4 Å². The molecule has 0 saturated carbocycles. The summed E-state index contributed by atoms with van der Waals surface area (Å²) < 4.78 is 37.2. The van der Waals surface area contributed by atoms with Crippen molar-refractivity contribution in [2.45, 2.75) is 82.8 Å². The van der Waals surface area contributed by atoms with Gasteiger partial charge in [0.15, 0.2) is 0 Å². The van der Waals surface area contributed by atoms with Crippen molar-refractivity contribution in [2.75, 3.05) is 26.3 Å². The van der Waals surface area contributed by atoms with Crippen molar-refractivity contribution < 1.29 is 101 Å². The first-order valence-electron chi connectivity index (χ1n) is 10.8. The van der Waals surface area contributed by atoms with Crippen molar-refractivity contribution in [2.24, 2.45) is 0 Å². The third kappa shape index (κ3) is 20.2. The minimum Gasteiger partial charge on any atom is -0.747 e. The molecule has 0 aromatic carbocycles. The van der Waals surface area contributed by atoms with Gasteiger partial charge in [-0.1, -0.05) is 58.3 Å². The average Bonchev–Trinajstić information content (AvgIpc) is 2.68. The standard InChI is InChI=1S/C20H37NO9S.2Na/c1-2-3-4-5-6-7-8-9-10-11-18(23)21(12-14-22)13-15-30-19(24)16-17(20(25)26)31(27,28)29;;/h17,22H,2-16H2,1H3,(H,25,26)(H,27,28,29);;/q;2*+1/p-2. The minimum absolute atomic E-state index is 0. The largest absolute Gasteiger partial charge is 1.00 e. The number of carbonyl (C=O) groups is 3. The minimum atomic E-state index is -5.26. The van der Waals surface area contributed by atoms with Gasteiger partial charge in [0.05, 0.1) is 30.8 Å². The number of nitrogens with zero attached hydrogens (tertiary/aromatic N) is 1. The smallest absolute Gasteiger partial charge is 0.747 e. The van der Waals surface area contributed by atoms with E-state index in [0.717, 1.165) is 19.3 Å². The summed E-state index contributed by atoms with van der Waals surface area (Å²) in [5.41, 5.74) is 0. The van der Waals surface area contributed by atoms with Crippen LogP contribution in [0.2, 0.25) is 0 Å². The molecule has 0 bridgehead atoms. The van der Waals surface area contributed by atoms with Crippen LogP contribution in [0.4, 0.5) is 0 Å². The molecular formula is C20H35NNa2O9S. The van der Waals surface area contributed by atoms with E-state index in [4.69, 9.17) is 9.84 Å². The predicted molar refractivity (Wildman–Crippen MR) is 110 cm³/mol. The number of amides is 1. The number of carboxylic acids is 1. The maximum Gasteiger partial charge on any atom is 1.00 e. The van der Waals surface area contributed by atoms with Crippen LogP contribution in [0, 0.1) is 0 Å². The van der Waals surface area contributed by atoms with Crippen LogP contribution in [-0.2, 0) is 29.2 Å². The van der Waals surface area contributed by atoms with Crippen LogP contribution in [0.25, 0.3) is 0 Å². The molecule has 0 aromatic rings. The predicted octanol–water partition coefficient (Wildman–Crippen LogP) is -5.67. The van der Waals surface area contributed by atoms with Crippen molar-refractivity contribution in [1.82, 2.24) is 4.90 Å². The summed E-state index contributed by atoms with van der Waals surface area (Å²) in [6.45, 7) is 1.59. The van der Waals surface area contributed by atoms with Crippen LogP contribution >= 0.6 is 0 Å². The maximum atomic E-state index is 12.3. The zero-order chi connectivity index (χ0) is 23.7. The number of aliphatic hydroxyl groups excluding tert-OH is 1. The molecule has 10 nitrogen and oxygen atoms in total.